The minimum Gasteiger partial charge on any atom is -0.870 e. The van der Waals surface area contributed by atoms with Crippen LogP contribution in [0.2, 0.25) is 0 Å². The molecule has 55 heavy (non-hydrogen) atoms. The normalized spacial score (nSPS) is 34.4. The van der Waals surface area contributed by atoms with E-state index in [9.17, 15) is 9.00 Å². The van der Waals surface area contributed by atoms with Gasteiger partial charge in [-0.05, 0) is 132 Å². The number of nitrogens with one attached hydrogen (secondary N) is 1. The van der Waals surface area contributed by atoms with Crippen molar-refractivity contribution in [1.29, 1.82) is 0 Å². The molecule has 0 bridgehead atoms. The second-order valence-electron chi connectivity index (χ2n) is 18.7. The molecule has 0 aromatic carbocycles. The average molecular weight is 807 g/mol. The zero-order valence-electron chi connectivity index (χ0n) is 34.3. The predicted octanol–water partition coefficient (Wildman–Crippen LogP) is 9.76. The number of fused-ring (bicyclic) bond motifs is 3. The Morgan fingerprint density at radius 3 is 1.84 bits per heavy atom. The van der Waals surface area contributed by atoms with E-state index in [2.05, 4.69) is 27.7 Å². The van der Waals surface area contributed by atoms with Gasteiger partial charge in [-0.1, -0.05) is 64.9 Å². The van der Waals surface area contributed by atoms with Crippen LogP contribution in [0, 0.1) is 35.5 Å². The number of hydrogen-bond donors (Lipinski definition) is 3. The number of quaternary nitrogens is 1. The molecule has 8 atom stereocenters. The Bertz CT molecular complexity index is 1210. The summed E-state index contributed by atoms with van der Waals surface area (Å²) >= 11 is 0.671. The number of Topliss-reactive ketones (excluding diaryl/α,β-unsaturated/α-hetero) is 1. The molecule has 3 saturated heterocycles. The first-order chi connectivity index (χ1) is 25.6. The molecule has 0 amide bonds. The minimum atomic E-state index is -3.33. The number of rotatable bonds is 3. The molecule has 4 N–H and O–H groups in total. The number of carbonyl (C=O) groups excluding carboxylic acids is 1. The van der Waals surface area contributed by atoms with Gasteiger partial charge in [0, 0.05) is 50.9 Å². The van der Waals surface area contributed by atoms with Gasteiger partial charge in [0.2, 0.25) is 0 Å². The van der Waals surface area contributed by atoms with Crippen LogP contribution in [0.4, 0.5) is 0 Å². The third-order valence-corrected chi connectivity index (χ3v) is 15.6. The van der Waals surface area contributed by atoms with E-state index in [0.29, 0.717) is 25.6 Å². The SMILES string of the molecule is C.C1=C(N2CCCC2)CCC2CCCCC12.C1CCNC1.C[N+]1(C2CCC3CCCCC3C2)CCCC1.O=C1CCC2CCCCC2C1.O=[S](O)(=[Mg])OO.[OH-]. The van der Waals surface area contributed by atoms with Crippen LogP contribution in [0.25, 0.3) is 0 Å². The summed E-state index contributed by atoms with van der Waals surface area (Å²) in [6.07, 6.45) is 39.4. The molecule has 0 aromatic heterocycles. The standard InChI is InChI=1S/C15H28N.C14H23N.C10H16O.C4H9N.CH4.Mg.H2O4S.H2O/c1-16(10-4-5-11-16)15-9-8-13-6-2-3-7-14(13)12-15;1-2-6-13-11-14(8-7-12(13)5-1)15-9-3-4-10-15;11-10-6-5-8-3-1-2-4-9(8)7-10;1-2-4-5-3-1;;;1-4-5(2)3;/h13-15H,2-12H2,1H3;11-13H,1-10H2;8-9H,1-7H2;5H,1-4H2;1H4;;1H,(H,2,3);1H2/q+1;;;;;;;/p-1. The molecule has 6 aliphatic carbocycles. The summed E-state index contributed by atoms with van der Waals surface area (Å²) in [7, 11) is -0.786. The van der Waals surface area contributed by atoms with Crippen LogP contribution in [0.15, 0.2) is 11.8 Å². The molecule has 3 heterocycles. The maximum absolute atomic E-state index is 11.1. The zero-order chi connectivity index (χ0) is 37.5. The minimum absolute atomic E-state index is 0. The molecule has 8 fully saturated rings. The van der Waals surface area contributed by atoms with E-state index >= 15 is 0 Å². The molecule has 0 aromatic rings. The summed E-state index contributed by atoms with van der Waals surface area (Å²) in [4.78, 5) is 13.8. The summed E-state index contributed by atoms with van der Waals surface area (Å²) in [6.45, 7) is 8.12. The third kappa shape index (κ3) is 16.5. The maximum Gasteiger partial charge on any atom is -0.870 e. The molecule has 0 radical (unpaired) electrons. The van der Waals surface area contributed by atoms with Crippen molar-refractivity contribution < 1.29 is 33.1 Å². The molecular weight excluding hydrogens is 723 g/mol. The van der Waals surface area contributed by atoms with Gasteiger partial charge in [-0.2, -0.15) is 0 Å². The second kappa shape index (κ2) is 25.5. The van der Waals surface area contributed by atoms with Crippen LogP contribution in [-0.4, -0.2) is 107 Å². The Morgan fingerprint density at radius 2 is 1.25 bits per heavy atom. The van der Waals surface area contributed by atoms with E-state index in [1.54, 1.807) is 31.4 Å². The Morgan fingerprint density at radius 1 is 0.727 bits per heavy atom. The van der Waals surface area contributed by atoms with Crippen molar-refractivity contribution in [1.82, 2.24) is 10.2 Å². The van der Waals surface area contributed by atoms with Gasteiger partial charge in [-0.25, -0.2) is 0 Å². The first kappa shape index (κ1) is 49.2. The van der Waals surface area contributed by atoms with Gasteiger partial charge in [0.15, 0.2) is 0 Å². The molecule has 8 unspecified atom stereocenters. The molecule has 3 aliphatic heterocycles. The molecule has 9 aliphatic rings. The van der Waals surface area contributed by atoms with Crippen molar-refractivity contribution in [3.8, 4) is 0 Å². The van der Waals surface area contributed by atoms with Gasteiger partial charge >= 0.3 is 45.5 Å². The first-order valence-corrected chi connectivity index (χ1v) is 25.9. The van der Waals surface area contributed by atoms with Crippen molar-refractivity contribution in [3.05, 3.63) is 11.8 Å². The first-order valence-electron chi connectivity index (χ1n) is 22.6. The number of likely N-dealkylation sites (tertiary alicyclic amines) is 2. The molecule has 318 valence electrons. The van der Waals surface area contributed by atoms with Crippen molar-refractivity contribution >= 4 is 32.9 Å². The van der Waals surface area contributed by atoms with Gasteiger partial charge in [-0.3, -0.25) is 4.79 Å². The molecule has 11 heteroatoms. The van der Waals surface area contributed by atoms with Gasteiger partial charge in [-0.15, -0.1) is 0 Å². The van der Waals surface area contributed by atoms with Crippen LogP contribution in [0.5, 0.6) is 0 Å². The number of allylic oxidation sites excluding steroid dienone is 2. The topological polar surface area (TPSA) is 129 Å². The summed E-state index contributed by atoms with van der Waals surface area (Å²) < 4.78 is 22.0. The average Bonchev–Trinajstić information content (AvgIpc) is 4.01. The fourth-order valence-corrected chi connectivity index (χ4v) is 11.9. The Kier molecular flexibility index (Phi) is 22.8. The Hall–Kier alpha value is -0.114. The number of ketones is 1. The maximum atomic E-state index is 11.1. The smallest absolute Gasteiger partial charge is 0.870 e. The Labute approximate surface area is 348 Å². The number of nitrogens with zero attached hydrogens (tertiary/aromatic N) is 2. The van der Waals surface area contributed by atoms with Crippen LogP contribution >= 0.6 is 0 Å². The van der Waals surface area contributed by atoms with Crippen molar-refractivity contribution in [2.24, 2.45) is 35.5 Å². The van der Waals surface area contributed by atoms with Gasteiger partial charge in [0.05, 0.1) is 26.2 Å². The Balaban J connectivity index is 0.000000194. The van der Waals surface area contributed by atoms with E-state index in [1.165, 1.54) is 172 Å². The van der Waals surface area contributed by atoms with E-state index < -0.39 is 7.32 Å². The van der Waals surface area contributed by atoms with Crippen molar-refractivity contribution in [2.45, 2.75) is 180 Å². The largest absolute Gasteiger partial charge is 0.870 e. The van der Waals surface area contributed by atoms with Gasteiger partial charge < -0.3 is 20.2 Å². The molecule has 0 spiro atoms. The molecule has 5 saturated carbocycles. The van der Waals surface area contributed by atoms with Gasteiger partial charge in [0.1, 0.15) is 5.78 Å². The van der Waals surface area contributed by atoms with Gasteiger partial charge in [0.25, 0.3) is 0 Å². The molecule has 9 rings (SSSR count). The fraction of sp³-hybridized carbons (Fsp3) is 0.932. The third-order valence-electron chi connectivity index (χ3n) is 15.1. The summed E-state index contributed by atoms with van der Waals surface area (Å²) in [6, 6.07) is 1.03. The van der Waals surface area contributed by atoms with Crippen molar-refractivity contribution in [3.63, 3.8) is 0 Å². The van der Waals surface area contributed by atoms with Crippen LogP contribution in [0.1, 0.15) is 174 Å². The number of hydrogen-bond acceptors (Lipinski definition) is 7. The van der Waals surface area contributed by atoms with Crippen LogP contribution in [-0.2, 0) is 16.4 Å². The fourth-order valence-electron chi connectivity index (χ4n) is 11.9. The monoisotopic (exact) mass is 806 g/mol. The molecular formula is C44H83MgN3O6S. The number of carbonyl (C=O) groups is 1. The van der Waals surface area contributed by atoms with Crippen molar-refractivity contribution in [2.75, 3.05) is 46.3 Å². The molecule has 9 nitrogen and oxygen atoms in total. The van der Waals surface area contributed by atoms with Crippen LogP contribution < -0.4 is 5.32 Å². The van der Waals surface area contributed by atoms with E-state index in [4.69, 9.17) is 9.81 Å². The second-order valence-corrected chi connectivity index (χ2v) is 22.2. The quantitative estimate of drug-likeness (QED) is 0.111. The summed E-state index contributed by atoms with van der Waals surface area (Å²) in [5.74, 6) is 6.45. The van der Waals surface area contributed by atoms with E-state index in [-0.39, 0.29) is 12.9 Å². The van der Waals surface area contributed by atoms with Crippen LogP contribution in [0.3, 0.4) is 0 Å². The predicted molar refractivity (Wildman–Crippen MR) is 227 cm³/mol. The van der Waals surface area contributed by atoms with E-state index in [1.807, 2.05) is 0 Å². The zero-order valence-corrected chi connectivity index (χ0v) is 36.6. The summed E-state index contributed by atoms with van der Waals surface area (Å²) in [5.41, 5.74) is 1.70. The van der Waals surface area contributed by atoms with E-state index in [0.717, 1.165) is 54.4 Å². The summed E-state index contributed by atoms with van der Waals surface area (Å²) in [5, 5.41) is 10.6.